The molecule has 2 aromatic carbocycles. The fourth-order valence-corrected chi connectivity index (χ4v) is 5.51. The quantitative estimate of drug-likeness (QED) is 0.333. The van der Waals surface area contributed by atoms with Gasteiger partial charge in [-0.2, -0.15) is 5.10 Å². The van der Waals surface area contributed by atoms with Crippen LogP contribution in [-0.2, 0) is 11.3 Å². The van der Waals surface area contributed by atoms with Crippen LogP contribution in [0.4, 0.5) is 0 Å². The van der Waals surface area contributed by atoms with Crippen molar-refractivity contribution in [2.45, 2.75) is 31.1 Å². The van der Waals surface area contributed by atoms with Gasteiger partial charge in [0.25, 0.3) is 5.91 Å². The van der Waals surface area contributed by atoms with Crippen molar-refractivity contribution in [2.75, 3.05) is 5.75 Å². The molecule has 1 atom stereocenters. The Morgan fingerprint density at radius 1 is 1.03 bits per heavy atom. The molecule has 0 saturated heterocycles. The average molecular weight is 474 g/mol. The fourth-order valence-electron chi connectivity index (χ4n) is 3.94. The summed E-state index contributed by atoms with van der Waals surface area (Å²) in [4.78, 5) is 14.4. The molecule has 3 heterocycles. The van der Waals surface area contributed by atoms with Crippen LogP contribution in [0.5, 0.6) is 0 Å². The molecule has 1 amide bonds. The summed E-state index contributed by atoms with van der Waals surface area (Å²) in [6.07, 6.45) is 0.693. The second kappa shape index (κ2) is 9.72. The lowest BCUT2D eigenvalue weighted by atomic mass is 9.98. The SMILES string of the molecule is CCn1c(SCC(=O)N2N=C(c3ccccc3)C[C@@H]2c2ccccc2)nnc1-c1cccs1. The van der Waals surface area contributed by atoms with E-state index in [2.05, 4.69) is 33.8 Å². The first kappa shape index (κ1) is 21.6. The highest BCUT2D eigenvalue weighted by Gasteiger charge is 2.33. The molecule has 0 bridgehead atoms. The highest BCUT2D eigenvalue weighted by atomic mass is 32.2. The zero-order valence-electron chi connectivity index (χ0n) is 18.2. The van der Waals surface area contributed by atoms with Gasteiger partial charge in [0, 0.05) is 13.0 Å². The predicted octanol–water partition coefficient (Wildman–Crippen LogP) is 5.50. The lowest BCUT2D eigenvalue weighted by Crippen LogP contribution is -2.28. The van der Waals surface area contributed by atoms with E-state index < -0.39 is 0 Å². The summed E-state index contributed by atoms with van der Waals surface area (Å²) in [6.45, 7) is 2.80. The van der Waals surface area contributed by atoms with Crippen molar-refractivity contribution in [3.05, 3.63) is 89.3 Å². The van der Waals surface area contributed by atoms with Gasteiger partial charge < -0.3 is 4.57 Å². The highest BCUT2D eigenvalue weighted by molar-refractivity contribution is 7.99. The summed E-state index contributed by atoms with van der Waals surface area (Å²) >= 11 is 3.05. The number of rotatable bonds is 7. The number of nitrogens with zero attached hydrogens (tertiary/aromatic N) is 5. The van der Waals surface area contributed by atoms with E-state index in [1.165, 1.54) is 11.8 Å². The van der Waals surface area contributed by atoms with Gasteiger partial charge in [0.1, 0.15) is 0 Å². The maximum absolute atomic E-state index is 13.4. The van der Waals surface area contributed by atoms with Crippen molar-refractivity contribution in [3.8, 4) is 10.7 Å². The Labute approximate surface area is 201 Å². The van der Waals surface area contributed by atoms with Crippen molar-refractivity contribution < 1.29 is 4.79 Å². The van der Waals surface area contributed by atoms with Gasteiger partial charge in [-0.15, -0.1) is 21.5 Å². The van der Waals surface area contributed by atoms with E-state index in [1.807, 2.05) is 66.0 Å². The van der Waals surface area contributed by atoms with Crippen LogP contribution in [-0.4, -0.2) is 37.1 Å². The van der Waals surface area contributed by atoms with E-state index in [0.717, 1.165) is 39.2 Å². The van der Waals surface area contributed by atoms with Crippen molar-refractivity contribution in [3.63, 3.8) is 0 Å². The number of amides is 1. The Hall–Kier alpha value is -3.23. The van der Waals surface area contributed by atoms with Gasteiger partial charge in [-0.3, -0.25) is 4.79 Å². The van der Waals surface area contributed by atoms with E-state index in [0.29, 0.717) is 6.42 Å². The van der Waals surface area contributed by atoms with Crippen LogP contribution >= 0.6 is 23.1 Å². The number of benzene rings is 2. The lowest BCUT2D eigenvalue weighted by molar-refractivity contribution is -0.130. The molecule has 0 saturated carbocycles. The minimum absolute atomic E-state index is 0.0388. The summed E-state index contributed by atoms with van der Waals surface area (Å²) in [6, 6.07) is 24.1. The van der Waals surface area contributed by atoms with Gasteiger partial charge >= 0.3 is 0 Å². The molecule has 1 aliphatic rings. The average Bonchev–Trinajstić information content (AvgIpc) is 3.63. The van der Waals surface area contributed by atoms with E-state index in [4.69, 9.17) is 5.10 Å². The van der Waals surface area contributed by atoms with Gasteiger partial charge in [0.05, 0.1) is 22.4 Å². The molecule has 4 aromatic rings. The summed E-state index contributed by atoms with van der Waals surface area (Å²) in [7, 11) is 0. The third-order valence-electron chi connectivity index (χ3n) is 5.56. The number of aromatic nitrogens is 3. The van der Waals surface area contributed by atoms with E-state index in [-0.39, 0.29) is 17.7 Å². The van der Waals surface area contributed by atoms with Crippen molar-refractivity contribution in [1.82, 2.24) is 19.8 Å². The standard InChI is InChI=1S/C25H23N5OS2/c1-2-29-24(22-14-9-15-32-22)26-27-25(29)33-17-23(31)30-21(19-12-7-4-8-13-19)16-20(28-30)18-10-5-3-6-11-18/h3-15,21H,2,16-17H2,1H3/t21-/m1/s1. The molecule has 0 radical (unpaired) electrons. The summed E-state index contributed by atoms with van der Waals surface area (Å²) in [5.74, 6) is 1.05. The van der Waals surface area contributed by atoms with Gasteiger partial charge in [0.15, 0.2) is 11.0 Å². The van der Waals surface area contributed by atoms with Crippen LogP contribution in [0.25, 0.3) is 10.7 Å². The number of carbonyl (C=O) groups is 1. The Kier molecular flexibility index (Phi) is 6.37. The molecule has 2 aromatic heterocycles. The largest absolute Gasteiger partial charge is 0.302 e. The molecule has 5 rings (SSSR count). The third kappa shape index (κ3) is 4.49. The van der Waals surface area contributed by atoms with Crippen LogP contribution in [0.1, 0.15) is 30.5 Å². The van der Waals surface area contributed by atoms with Crippen molar-refractivity contribution in [2.24, 2.45) is 5.10 Å². The summed E-state index contributed by atoms with van der Waals surface area (Å²) in [5, 5.41) is 17.9. The van der Waals surface area contributed by atoms with E-state index in [9.17, 15) is 4.79 Å². The third-order valence-corrected chi connectivity index (χ3v) is 7.37. The number of carbonyl (C=O) groups excluding carboxylic acids is 1. The van der Waals surface area contributed by atoms with Crippen LogP contribution in [0, 0.1) is 0 Å². The topological polar surface area (TPSA) is 63.4 Å². The van der Waals surface area contributed by atoms with E-state index in [1.54, 1.807) is 16.3 Å². The summed E-state index contributed by atoms with van der Waals surface area (Å²) in [5.41, 5.74) is 3.06. The smallest absolute Gasteiger partial charge is 0.253 e. The Morgan fingerprint density at radius 3 is 2.48 bits per heavy atom. The molecular formula is C25H23N5OS2. The Bertz CT molecular complexity index is 1250. The molecule has 0 spiro atoms. The van der Waals surface area contributed by atoms with Gasteiger partial charge in [0.2, 0.25) is 0 Å². The molecule has 8 heteroatoms. The second-order valence-electron chi connectivity index (χ2n) is 7.60. The van der Waals surface area contributed by atoms with Crippen LogP contribution < -0.4 is 0 Å². The monoisotopic (exact) mass is 473 g/mol. The number of thiophene rings is 1. The lowest BCUT2D eigenvalue weighted by Gasteiger charge is -2.21. The zero-order chi connectivity index (χ0) is 22.6. The first-order valence-corrected chi connectivity index (χ1v) is 12.7. The second-order valence-corrected chi connectivity index (χ2v) is 9.49. The fraction of sp³-hybridized carbons (Fsp3) is 0.200. The van der Waals surface area contributed by atoms with Crippen molar-refractivity contribution in [1.29, 1.82) is 0 Å². The molecule has 33 heavy (non-hydrogen) atoms. The van der Waals surface area contributed by atoms with Crippen LogP contribution in [0.15, 0.2) is 88.4 Å². The molecule has 0 unspecified atom stereocenters. The molecule has 166 valence electrons. The maximum Gasteiger partial charge on any atom is 0.253 e. The van der Waals surface area contributed by atoms with Crippen LogP contribution in [0.3, 0.4) is 0 Å². The maximum atomic E-state index is 13.4. The Balaban J connectivity index is 1.37. The first-order valence-electron chi connectivity index (χ1n) is 10.8. The number of thioether (sulfide) groups is 1. The van der Waals surface area contributed by atoms with Crippen molar-refractivity contribution >= 4 is 34.7 Å². The first-order chi connectivity index (χ1) is 16.2. The number of hydrogen-bond donors (Lipinski definition) is 0. The summed E-state index contributed by atoms with van der Waals surface area (Å²) < 4.78 is 2.06. The molecule has 0 aliphatic carbocycles. The number of hydrogen-bond acceptors (Lipinski definition) is 6. The molecule has 0 N–H and O–H groups in total. The minimum atomic E-state index is -0.111. The normalized spacial score (nSPS) is 15.6. The molecule has 6 nitrogen and oxygen atoms in total. The highest BCUT2D eigenvalue weighted by Crippen LogP contribution is 2.34. The Morgan fingerprint density at radius 2 is 1.79 bits per heavy atom. The van der Waals surface area contributed by atoms with Crippen LogP contribution in [0.2, 0.25) is 0 Å². The number of hydrazone groups is 1. The van der Waals surface area contributed by atoms with Gasteiger partial charge in [-0.1, -0.05) is 78.5 Å². The van der Waals surface area contributed by atoms with Gasteiger partial charge in [-0.05, 0) is 29.5 Å². The van der Waals surface area contributed by atoms with Gasteiger partial charge in [-0.25, -0.2) is 5.01 Å². The molecule has 0 fully saturated rings. The zero-order valence-corrected chi connectivity index (χ0v) is 19.8. The van der Waals surface area contributed by atoms with E-state index >= 15 is 0 Å². The predicted molar refractivity (Wildman–Crippen MR) is 133 cm³/mol. The molecule has 1 aliphatic heterocycles. The molecular weight excluding hydrogens is 450 g/mol. The minimum Gasteiger partial charge on any atom is -0.302 e.